The number of amides is 1. The Labute approximate surface area is 160 Å². The lowest BCUT2D eigenvalue weighted by Crippen LogP contribution is -2.25. The second-order valence-corrected chi connectivity index (χ2v) is 5.62. The van der Waals surface area contributed by atoms with E-state index >= 15 is 0 Å². The standard InChI is InChI=1S/C20H19F2N3O3/c1-13(18-16(21)8-5-9-17(18)22)10-11-24-28-12-14-6-3-4-7-15(14)19(20(23)26)25-27-2/h3-11H,12H2,1-2H3,(H2,23,26)/b13-10+,24-11?,25-19?. The zero-order valence-electron chi connectivity index (χ0n) is 15.4. The Balaban J connectivity index is 2.10. The minimum absolute atomic E-state index is 0.0175. The summed E-state index contributed by atoms with van der Waals surface area (Å²) in [5.41, 5.74) is 6.57. The van der Waals surface area contributed by atoms with E-state index < -0.39 is 17.5 Å². The molecule has 146 valence electrons. The van der Waals surface area contributed by atoms with E-state index in [1.807, 2.05) is 0 Å². The highest BCUT2D eigenvalue weighted by molar-refractivity contribution is 6.45. The molecular weight excluding hydrogens is 368 g/mol. The molecule has 2 rings (SSSR count). The molecule has 2 aromatic rings. The van der Waals surface area contributed by atoms with E-state index in [1.54, 1.807) is 31.2 Å². The molecule has 0 heterocycles. The Morgan fingerprint density at radius 1 is 1.14 bits per heavy atom. The van der Waals surface area contributed by atoms with Crippen molar-refractivity contribution in [3.63, 3.8) is 0 Å². The van der Waals surface area contributed by atoms with Gasteiger partial charge in [-0.25, -0.2) is 8.78 Å². The highest BCUT2D eigenvalue weighted by Crippen LogP contribution is 2.20. The molecule has 8 heteroatoms. The summed E-state index contributed by atoms with van der Waals surface area (Å²) < 4.78 is 27.5. The molecule has 0 aliphatic carbocycles. The minimum Gasteiger partial charge on any atom is -0.398 e. The summed E-state index contributed by atoms with van der Waals surface area (Å²) in [6.07, 6.45) is 2.71. The van der Waals surface area contributed by atoms with Gasteiger partial charge in [0.05, 0.1) is 6.21 Å². The van der Waals surface area contributed by atoms with Gasteiger partial charge in [0.2, 0.25) is 0 Å². The van der Waals surface area contributed by atoms with Gasteiger partial charge in [-0.2, -0.15) is 0 Å². The first kappa shape index (κ1) is 20.8. The molecule has 0 radical (unpaired) electrons. The molecule has 0 aromatic heterocycles. The number of nitrogens with zero attached hydrogens (tertiary/aromatic N) is 2. The average Bonchev–Trinajstić information content (AvgIpc) is 2.66. The van der Waals surface area contributed by atoms with Gasteiger partial charge < -0.3 is 15.4 Å². The lowest BCUT2D eigenvalue weighted by molar-refractivity contribution is -0.112. The first-order valence-electron chi connectivity index (χ1n) is 8.21. The predicted octanol–water partition coefficient (Wildman–Crippen LogP) is 3.41. The van der Waals surface area contributed by atoms with E-state index in [-0.39, 0.29) is 17.9 Å². The molecule has 0 spiro atoms. The first-order valence-corrected chi connectivity index (χ1v) is 8.21. The van der Waals surface area contributed by atoms with Crippen LogP contribution in [0.1, 0.15) is 23.6 Å². The summed E-state index contributed by atoms with van der Waals surface area (Å²) in [6.45, 7) is 1.58. The fourth-order valence-corrected chi connectivity index (χ4v) is 2.45. The molecule has 0 fully saturated rings. The topological polar surface area (TPSA) is 86.3 Å². The number of hydrogen-bond acceptors (Lipinski definition) is 5. The average molecular weight is 387 g/mol. The van der Waals surface area contributed by atoms with Crippen molar-refractivity contribution < 1.29 is 23.3 Å². The highest BCUT2D eigenvalue weighted by atomic mass is 19.1. The summed E-state index contributed by atoms with van der Waals surface area (Å²) in [6, 6.07) is 10.5. The lowest BCUT2D eigenvalue weighted by atomic mass is 10.0. The molecule has 2 N–H and O–H groups in total. The zero-order chi connectivity index (χ0) is 20.5. The number of allylic oxidation sites excluding steroid dienone is 2. The van der Waals surface area contributed by atoms with Crippen LogP contribution in [0, 0.1) is 11.6 Å². The van der Waals surface area contributed by atoms with E-state index in [0.29, 0.717) is 16.7 Å². The highest BCUT2D eigenvalue weighted by Gasteiger charge is 2.15. The van der Waals surface area contributed by atoms with Gasteiger partial charge in [0.25, 0.3) is 5.91 Å². The van der Waals surface area contributed by atoms with E-state index in [4.69, 9.17) is 10.6 Å². The van der Waals surface area contributed by atoms with Gasteiger partial charge in [0.15, 0.2) is 5.71 Å². The largest absolute Gasteiger partial charge is 0.398 e. The molecule has 0 aliphatic heterocycles. The third-order valence-corrected chi connectivity index (χ3v) is 3.73. The van der Waals surface area contributed by atoms with Crippen LogP contribution in [0.15, 0.2) is 58.9 Å². The summed E-state index contributed by atoms with van der Waals surface area (Å²) in [5, 5.41) is 7.39. The maximum absolute atomic E-state index is 13.7. The number of hydrogen-bond donors (Lipinski definition) is 1. The molecule has 1 amide bonds. The van der Waals surface area contributed by atoms with Crippen molar-refractivity contribution in [2.24, 2.45) is 16.0 Å². The van der Waals surface area contributed by atoms with Crippen molar-refractivity contribution >= 4 is 23.4 Å². The van der Waals surface area contributed by atoms with Gasteiger partial charge >= 0.3 is 0 Å². The molecule has 28 heavy (non-hydrogen) atoms. The minimum atomic E-state index is -0.747. The Morgan fingerprint density at radius 2 is 1.82 bits per heavy atom. The van der Waals surface area contributed by atoms with Gasteiger partial charge in [-0.3, -0.25) is 4.79 Å². The Kier molecular flexibility index (Phi) is 7.38. The van der Waals surface area contributed by atoms with Crippen LogP contribution in [0.2, 0.25) is 0 Å². The fourth-order valence-electron chi connectivity index (χ4n) is 2.45. The van der Waals surface area contributed by atoms with Crippen LogP contribution in [-0.4, -0.2) is 24.9 Å². The number of nitrogens with two attached hydrogens (primary N) is 1. The van der Waals surface area contributed by atoms with Crippen molar-refractivity contribution in [2.45, 2.75) is 13.5 Å². The second-order valence-electron chi connectivity index (χ2n) is 5.62. The van der Waals surface area contributed by atoms with E-state index in [9.17, 15) is 13.6 Å². The predicted molar refractivity (Wildman–Crippen MR) is 102 cm³/mol. The van der Waals surface area contributed by atoms with Crippen LogP contribution in [0.5, 0.6) is 0 Å². The summed E-state index contributed by atoms with van der Waals surface area (Å²) in [5.74, 6) is -2.06. The number of oxime groups is 2. The number of primary amides is 1. The van der Waals surface area contributed by atoms with Crippen molar-refractivity contribution in [2.75, 3.05) is 7.11 Å². The molecule has 0 saturated heterocycles. The second kappa shape index (κ2) is 9.96. The SMILES string of the molecule is CON=C(C(N)=O)c1ccccc1CON=C/C=C(\C)c1c(F)cccc1F. The van der Waals surface area contributed by atoms with E-state index in [0.717, 1.165) is 0 Å². The Morgan fingerprint density at radius 3 is 2.46 bits per heavy atom. The molecule has 0 unspecified atom stereocenters. The molecule has 0 atom stereocenters. The Bertz CT molecular complexity index is 920. The summed E-state index contributed by atoms with van der Waals surface area (Å²) in [4.78, 5) is 21.4. The van der Waals surface area contributed by atoms with Gasteiger partial charge in [0.1, 0.15) is 25.4 Å². The van der Waals surface area contributed by atoms with E-state index in [2.05, 4.69) is 15.1 Å². The number of carbonyl (C=O) groups excluding carboxylic acids is 1. The van der Waals surface area contributed by atoms with Crippen molar-refractivity contribution in [3.8, 4) is 0 Å². The van der Waals surface area contributed by atoms with Crippen LogP contribution in [0.4, 0.5) is 8.78 Å². The number of carbonyl (C=O) groups is 1. The number of rotatable bonds is 8. The first-order chi connectivity index (χ1) is 13.5. The smallest absolute Gasteiger partial charge is 0.271 e. The fraction of sp³-hybridized carbons (Fsp3) is 0.150. The van der Waals surface area contributed by atoms with Crippen LogP contribution >= 0.6 is 0 Å². The maximum Gasteiger partial charge on any atom is 0.271 e. The maximum atomic E-state index is 13.7. The lowest BCUT2D eigenvalue weighted by Gasteiger charge is -2.08. The van der Waals surface area contributed by atoms with Crippen LogP contribution in [-0.2, 0) is 21.1 Å². The number of benzene rings is 2. The van der Waals surface area contributed by atoms with Crippen molar-refractivity contribution in [3.05, 3.63) is 76.9 Å². The molecule has 0 saturated carbocycles. The number of halogens is 2. The van der Waals surface area contributed by atoms with Crippen LogP contribution in [0.3, 0.4) is 0 Å². The van der Waals surface area contributed by atoms with Gasteiger partial charge in [0, 0.05) is 16.7 Å². The molecule has 0 bridgehead atoms. The monoisotopic (exact) mass is 387 g/mol. The third-order valence-electron chi connectivity index (χ3n) is 3.73. The van der Waals surface area contributed by atoms with Gasteiger partial charge in [-0.05, 0) is 30.7 Å². The summed E-state index contributed by atoms with van der Waals surface area (Å²) >= 11 is 0. The normalized spacial score (nSPS) is 12.3. The molecule has 6 nitrogen and oxygen atoms in total. The van der Waals surface area contributed by atoms with Crippen molar-refractivity contribution in [1.29, 1.82) is 0 Å². The van der Waals surface area contributed by atoms with E-state index in [1.165, 1.54) is 37.6 Å². The zero-order valence-corrected chi connectivity index (χ0v) is 15.4. The molecular formula is C20H19F2N3O3. The third kappa shape index (κ3) is 5.23. The molecule has 2 aromatic carbocycles. The quantitative estimate of drug-likeness (QED) is 0.556. The van der Waals surface area contributed by atoms with Crippen LogP contribution < -0.4 is 5.73 Å². The Hall–Kier alpha value is -3.55. The van der Waals surface area contributed by atoms with Gasteiger partial charge in [-0.15, -0.1) is 0 Å². The summed E-state index contributed by atoms with van der Waals surface area (Å²) in [7, 11) is 1.30. The molecule has 0 aliphatic rings. The van der Waals surface area contributed by atoms with Crippen LogP contribution in [0.25, 0.3) is 5.57 Å². The van der Waals surface area contributed by atoms with Crippen molar-refractivity contribution in [1.82, 2.24) is 0 Å². The van der Waals surface area contributed by atoms with Gasteiger partial charge in [-0.1, -0.05) is 40.6 Å².